The van der Waals surface area contributed by atoms with Crippen LogP contribution in [-0.4, -0.2) is 19.5 Å². The molecule has 9 aromatic carbocycles. The van der Waals surface area contributed by atoms with Gasteiger partial charge in [-0.3, -0.25) is 0 Å². The van der Waals surface area contributed by atoms with E-state index in [9.17, 15) is 0 Å². The van der Waals surface area contributed by atoms with Crippen molar-refractivity contribution in [1.82, 2.24) is 19.5 Å². The van der Waals surface area contributed by atoms with Crippen molar-refractivity contribution in [2.45, 2.75) is 0 Å². The number of hydrogen-bond acceptors (Lipinski definition) is 4. The fourth-order valence-electron chi connectivity index (χ4n) is 8.99. The average molecular weight is 809 g/mol. The molecule has 0 radical (unpaired) electrons. The molecule has 0 saturated heterocycles. The number of rotatable bonds is 7. The van der Waals surface area contributed by atoms with E-state index in [2.05, 4.69) is 217 Å². The molecule has 0 saturated carbocycles. The summed E-state index contributed by atoms with van der Waals surface area (Å²) in [6.07, 6.45) is 0. The van der Waals surface area contributed by atoms with Gasteiger partial charge in [0, 0.05) is 47.6 Å². The highest BCUT2D eigenvalue weighted by atomic mass is 32.1. The maximum atomic E-state index is 5.43. The van der Waals surface area contributed by atoms with Gasteiger partial charge in [0.25, 0.3) is 0 Å². The number of aromatic nitrogens is 4. The minimum Gasteiger partial charge on any atom is -0.308 e. The van der Waals surface area contributed by atoms with Gasteiger partial charge in [-0.25, -0.2) is 15.0 Å². The smallest absolute Gasteiger partial charge is 0.166 e. The van der Waals surface area contributed by atoms with Gasteiger partial charge in [0.1, 0.15) is 0 Å². The molecule has 62 heavy (non-hydrogen) atoms. The van der Waals surface area contributed by atoms with Crippen LogP contribution in [0, 0.1) is 0 Å². The first-order valence-electron chi connectivity index (χ1n) is 20.9. The first-order valence-corrected chi connectivity index (χ1v) is 21.7. The summed E-state index contributed by atoms with van der Waals surface area (Å²) in [6, 6.07) is 77.4. The lowest BCUT2D eigenvalue weighted by atomic mass is 9.98. The van der Waals surface area contributed by atoms with E-state index < -0.39 is 0 Å². The Morgan fingerprint density at radius 3 is 1.60 bits per heavy atom. The monoisotopic (exact) mass is 808 g/mol. The van der Waals surface area contributed by atoms with Gasteiger partial charge >= 0.3 is 0 Å². The fraction of sp³-hybridized carbons (Fsp3) is 0. The van der Waals surface area contributed by atoms with E-state index in [1.807, 2.05) is 17.4 Å². The van der Waals surface area contributed by atoms with E-state index in [-0.39, 0.29) is 0 Å². The molecule has 4 nitrogen and oxygen atoms in total. The van der Waals surface area contributed by atoms with Gasteiger partial charge in [-0.2, -0.15) is 0 Å². The lowest BCUT2D eigenvalue weighted by Crippen LogP contribution is -2.04. The summed E-state index contributed by atoms with van der Waals surface area (Å²) in [6.45, 7) is 0. The van der Waals surface area contributed by atoms with Crippen LogP contribution in [0.2, 0.25) is 0 Å². The van der Waals surface area contributed by atoms with Crippen molar-refractivity contribution in [3.63, 3.8) is 0 Å². The third kappa shape index (κ3) is 6.09. The van der Waals surface area contributed by atoms with Crippen LogP contribution in [0.15, 0.2) is 218 Å². The zero-order valence-electron chi connectivity index (χ0n) is 33.5. The van der Waals surface area contributed by atoms with Crippen molar-refractivity contribution in [1.29, 1.82) is 0 Å². The van der Waals surface area contributed by atoms with Gasteiger partial charge in [0.15, 0.2) is 17.5 Å². The van der Waals surface area contributed by atoms with Crippen molar-refractivity contribution in [2.24, 2.45) is 0 Å². The second-order valence-electron chi connectivity index (χ2n) is 15.5. The van der Waals surface area contributed by atoms with E-state index in [1.165, 1.54) is 36.5 Å². The van der Waals surface area contributed by atoms with Crippen LogP contribution in [0.1, 0.15) is 0 Å². The van der Waals surface area contributed by atoms with Crippen LogP contribution in [0.4, 0.5) is 0 Å². The summed E-state index contributed by atoms with van der Waals surface area (Å²) >= 11 is 1.84. The summed E-state index contributed by atoms with van der Waals surface area (Å²) in [7, 11) is 0. The molecule has 0 atom stereocenters. The lowest BCUT2D eigenvalue weighted by Gasteiger charge is -2.17. The summed E-state index contributed by atoms with van der Waals surface area (Å²) < 4.78 is 4.93. The van der Waals surface area contributed by atoms with Gasteiger partial charge < -0.3 is 4.57 Å². The predicted octanol–water partition coefficient (Wildman–Crippen LogP) is 15.3. The van der Waals surface area contributed by atoms with E-state index in [0.717, 1.165) is 61.2 Å². The van der Waals surface area contributed by atoms with Crippen LogP contribution in [0.3, 0.4) is 0 Å². The topological polar surface area (TPSA) is 43.6 Å². The van der Waals surface area contributed by atoms with Crippen LogP contribution < -0.4 is 0 Å². The number of fused-ring (bicyclic) bond motifs is 6. The Balaban J connectivity index is 1.12. The maximum Gasteiger partial charge on any atom is 0.166 e. The Morgan fingerprint density at radius 1 is 0.306 bits per heavy atom. The Morgan fingerprint density at radius 2 is 0.839 bits per heavy atom. The number of nitrogens with zero attached hydrogens (tertiary/aromatic N) is 4. The Labute approximate surface area is 362 Å². The molecule has 5 heteroatoms. The number of thiophene rings is 1. The molecule has 290 valence electrons. The summed E-state index contributed by atoms with van der Waals surface area (Å²) in [5.74, 6) is 1.82. The summed E-state index contributed by atoms with van der Waals surface area (Å²) in [5.41, 5.74) is 12.7. The summed E-state index contributed by atoms with van der Waals surface area (Å²) in [4.78, 5) is 16.2. The lowest BCUT2D eigenvalue weighted by molar-refractivity contribution is 1.06. The van der Waals surface area contributed by atoms with Crippen molar-refractivity contribution in [3.8, 4) is 73.2 Å². The minimum absolute atomic E-state index is 0.598. The molecular weight excluding hydrogens is 773 g/mol. The first-order chi connectivity index (χ1) is 30.7. The molecular formula is C57H36N4S. The van der Waals surface area contributed by atoms with Crippen molar-refractivity contribution >= 4 is 53.3 Å². The Bertz CT molecular complexity index is 3590. The quantitative estimate of drug-likeness (QED) is 0.161. The standard InChI is InChI=1S/C57H36N4S/c1-3-17-37(18-4-1)39-33-34-49(52(36-39)61-50-30-12-9-24-44(50)45-25-10-13-31-51(45)61)57-59-55(58-56(60-57)48-27-8-7-23-42(48)38-19-5-2-6-20-38)41-22-15-21-40(35-41)43-28-16-29-47-46-26-11-14-32-53(46)62-54(43)47/h1-36H. The van der Waals surface area contributed by atoms with E-state index in [0.29, 0.717) is 17.5 Å². The molecule has 0 N–H and O–H groups in total. The molecule has 3 aromatic heterocycles. The number of benzene rings is 9. The molecule has 0 amide bonds. The van der Waals surface area contributed by atoms with Gasteiger partial charge in [-0.1, -0.05) is 182 Å². The van der Waals surface area contributed by atoms with Crippen LogP contribution >= 0.6 is 11.3 Å². The largest absolute Gasteiger partial charge is 0.308 e. The minimum atomic E-state index is 0.598. The molecule has 0 spiro atoms. The molecule has 3 heterocycles. The number of para-hydroxylation sites is 2. The first kappa shape index (κ1) is 35.9. The molecule has 0 aliphatic carbocycles. The highest BCUT2D eigenvalue weighted by Crippen LogP contribution is 2.42. The Kier molecular flexibility index (Phi) is 8.65. The van der Waals surface area contributed by atoms with Gasteiger partial charge in [0.2, 0.25) is 0 Å². The maximum absolute atomic E-state index is 5.43. The molecule has 0 aliphatic rings. The zero-order chi connectivity index (χ0) is 41.0. The van der Waals surface area contributed by atoms with Crippen molar-refractivity contribution in [3.05, 3.63) is 218 Å². The third-order valence-corrected chi connectivity index (χ3v) is 13.1. The zero-order valence-corrected chi connectivity index (χ0v) is 34.3. The second kappa shape index (κ2) is 14.9. The van der Waals surface area contributed by atoms with Crippen LogP contribution in [0.25, 0.3) is 115 Å². The molecule has 0 aliphatic heterocycles. The van der Waals surface area contributed by atoms with Crippen molar-refractivity contribution < 1.29 is 0 Å². The van der Waals surface area contributed by atoms with E-state index in [4.69, 9.17) is 15.0 Å². The average Bonchev–Trinajstić information content (AvgIpc) is 3.90. The van der Waals surface area contributed by atoms with Crippen molar-refractivity contribution in [2.75, 3.05) is 0 Å². The van der Waals surface area contributed by atoms with Gasteiger partial charge in [-0.15, -0.1) is 11.3 Å². The highest BCUT2D eigenvalue weighted by Gasteiger charge is 2.22. The van der Waals surface area contributed by atoms with E-state index in [1.54, 1.807) is 0 Å². The predicted molar refractivity (Wildman–Crippen MR) is 260 cm³/mol. The van der Waals surface area contributed by atoms with E-state index >= 15 is 0 Å². The fourth-order valence-corrected chi connectivity index (χ4v) is 10.2. The summed E-state index contributed by atoms with van der Waals surface area (Å²) in [5, 5.41) is 4.94. The molecule has 0 fully saturated rings. The van der Waals surface area contributed by atoms with Crippen LogP contribution in [-0.2, 0) is 0 Å². The highest BCUT2D eigenvalue weighted by molar-refractivity contribution is 7.26. The SMILES string of the molecule is c1ccc(-c2ccc(-c3nc(-c4cccc(-c5cccc6c5sc5ccccc56)c4)nc(-c4ccccc4-c4ccccc4)n3)c(-n3c4ccccc4c4ccccc43)c2)cc1. The molecule has 12 rings (SSSR count). The second-order valence-corrected chi connectivity index (χ2v) is 16.6. The normalized spacial score (nSPS) is 11.5. The van der Waals surface area contributed by atoms with Gasteiger partial charge in [-0.05, 0) is 69.8 Å². The molecule has 0 unspecified atom stereocenters. The Hall–Kier alpha value is -7.99. The molecule has 0 bridgehead atoms. The number of hydrogen-bond donors (Lipinski definition) is 0. The van der Waals surface area contributed by atoms with Gasteiger partial charge in [0.05, 0.1) is 16.7 Å². The third-order valence-electron chi connectivity index (χ3n) is 11.9. The molecule has 12 aromatic rings. The van der Waals surface area contributed by atoms with Crippen LogP contribution in [0.5, 0.6) is 0 Å².